The van der Waals surface area contributed by atoms with Crippen LogP contribution in [0.15, 0.2) is 18.5 Å². The Labute approximate surface area is 89.9 Å². The molecule has 82 valence electrons. The summed E-state index contributed by atoms with van der Waals surface area (Å²) >= 11 is 0. The van der Waals surface area contributed by atoms with E-state index in [2.05, 4.69) is 10.3 Å². The van der Waals surface area contributed by atoms with Crippen LogP contribution in [0.25, 0.3) is 0 Å². The molecule has 0 aliphatic heterocycles. The van der Waals surface area contributed by atoms with Crippen molar-refractivity contribution in [2.45, 2.75) is 26.3 Å². The molecule has 0 saturated heterocycles. The number of pyridine rings is 1. The number of carbonyl (C=O) groups excluding carboxylic acids is 1. The van der Waals surface area contributed by atoms with Crippen molar-refractivity contribution in [3.63, 3.8) is 0 Å². The molecule has 3 N–H and O–H groups in total. The van der Waals surface area contributed by atoms with Crippen LogP contribution in [0.4, 0.5) is 5.69 Å². The third-order valence-electron chi connectivity index (χ3n) is 2.04. The summed E-state index contributed by atoms with van der Waals surface area (Å²) in [6, 6.07) is 2.03. The van der Waals surface area contributed by atoms with Crippen molar-refractivity contribution in [3.8, 4) is 0 Å². The van der Waals surface area contributed by atoms with Gasteiger partial charge in [-0.15, -0.1) is 0 Å². The third-order valence-corrected chi connectivity index (χ3v) is 2.04. The SMILES string of the molecule is CC(C)NCC(=O)Cc1cnccc1N. The van der Waals surface area contributed by atoms with E-state index in [9.17, 15) is 4.79 Å². The smallest absolute Gasteiger partial charge is 0.151 e. The summed E-state index contributed by atoms with van der Waals surface area (Å²) in [5.74, 6) is 0.128. The highest BCUT2D eigenvalue weighted by Crippen LogP contribution is 2.09. The molecule has 0 aromatic carbocycles. The number of nitrogens with zero attached hydrogens (tertiary/aromatic N) is 1. The fourth-order valence-corrected chi connectivity index (χ4v) is 1.18. The van der Waals surface area contributed by atoms with E-state index in [0.717, 1.165) is 5.56 Å². The first kappa shape index (κ1) is 11.7. The number of hydrogen-bond acceptors (Lipinski definition) is 4. The lowest BCUT2D eigenvalue weighted by atomic mass is 10.1. The number of ketones is 1. The van der Waals surface area contributed by atoms with Gasteiger partial charge in [0.1, 0.15) is 0 Å². The predicted octanol–water partition coefficient (Wildman–Crippen LogP) is 0.773. The number of nitrogens with two attached hydrogens (primary N) is 1. The van der Waals surface area contributed by atoms with E-state index >= 15 is 0 Å². The van der Waals surface area contributed by atoms with E-state index in [0.29, 0.717) is 24.7 Å². The first-order valence-electron chi connectivity index (χ1n) is 5.03. The minimum atomic E-state index is 0.128. The van der Waals surface area contributed by atoms with Gasteiger partial charge >= 0.3 is 0 Å². The molecule has 0 fully saturated rings. The Hall–Kier alpha value is -1.42. The van der Waals surface area contributed by atoms with E-state index in [1.54, 1.807) is 18.5 Å². The highest BCUT2D eigenvalue weighted by Gasteiger charge is 2.06. The highest BCUT2D eigenvalue weighted by atomic mass is 16.1. The Kier molecular flexibility index (Phi) is 4.24. The molecule has 0 amide bonds. The summed E-state index contributed by atoms with van der Waals surface area (Å²) < 4.78 is 0. The molecule has 0 bridgehead atoms. The van der Waals surface area contributed by atoms with Crippen molar-refractivity contribution < 1.29 is 4.79 Å². The van der Waals surface area contributed by atoms with Gasteiger partial charge in [-0.3, -0.25) is 9.78 Å². The zero-order chi connectivity index (χ0) is 11.3. The molecule has 1 rings (SSSR count). The number of aromatic nitrogens is 1. The van der Waals surface area contributed by atoms with Gasteiger partial charge in [-0.05, 0) is 6.07 Å². The second-order valence-corrected chi connectivity index (χ2v) is 3.83. The van der Waals surface area contributed by atoms with E-state index in [1.807, 2.05) is 13.8 Å². The van der Waals surface area contributed by atoms with E-state index in [1.165, 1.54) is 0 Å². The molecule has 1 aromatic heterocycles. The summed E-state index contributed by atoms with van der Waals surface area (Å²) in [6.07, 6.45) is 3.61. The molecule has 0 saturated carbocycles. The Bertz CT molecular complexity index is 336. The Morgan fingerprint density at radius 3 is 2.93 bits per heavy atom. The first-order chi connectivity index (χ1) is 7.09. The molecule has 0 spiro atoms. The molecule has 15 heavy (non-hydrogen) atoms. The first-order valence-corrected chi connectivity index (χ1v) is 5.03. The van der Waals surface area contributed by atoms with Gasteiger partial charge in [0.25, 0.3) is 0 Å². The van der Waals surface area contributed by atoms with Gasteiger partial charge in [-0.2, -0.15) is 0 Å². The molecule has 0 radical (unpaired) electrons. The fourth-order valence-electron chi connectivity index (χ4n) is 1.18. The van der Waals surface area contributed by atoms with Crippen LogP contribution in [0.2, 0.25) is 0 Å². The standard InChI is InChI=1S/C11H17N3O/c1-8(2)14-7-10(15)5-9-6-13-4-3-11(9)12/h3-4,6,8,14H,5,7H2,1-2H3,(H2,12,13). The van der Waals surface area contributed by atoms with E-state index < -0.39 is 0 Å². The lowest BCUT2D eigenvalue weighted by molar-refractivity contribution is -0.117. The number of Topliss-reactive ketones (excluding diaryl/α,β-unsaturated/α-hetero) is 1. The van der Waals surface area contributed by atoms with Gasteiger partial charge in [0.2, 0.25) is 0 Å². The topological polar surface area (TPSA) is 68.0 Å². The molecule has 4 nitrogen and oxygen atoms in total. The Morgan fingerprint density at radius 1 is 1.60 bits per heavy atom. The Morgan fingerprint density at radius 2 is 2.33 bits per heavy atom. The van der Waals surface area contributed by atoms with Gasteiger partial charge in [-0.1, -0.05) is 13.8 Å². The fraction of sp³-hybridized carbons (Fsp3) is 0.455. The van der Waals surface area contributed by atoms with Crippen LogP contribution in [0, 0.1) is 0 Å². The van der Waals surface area contributed by atoms with Crippen LogP contribution in [0.5, 0.6) is 0 Å². The zero-order valence-corrected chi connectivity index (χ0v) is 9.16. The summed E-state index contributed by atoms with van der Waals surface area (Å²) in [6.45, 7) is 4.39. The molecular formula is C11H17N3O. The lowest BCUT2D eigenvalue weighted by Crippen LogP contribution is -2.30. The number of nitrogen functional groups attached to an aromatic ring is 1. The summed E-state index contributed by atoms with van der Waals surface area (Å²) in [4.78, 5) is 15.5. The summed E-state index contributed by atoms with van der Waals surface area (Å²) in [5.41, 5.74) is 7.14. The molecule has 0 aliphatic rings. The van der Waals surface area contributed by atoms with Crippen molar-refractivity contribution >= 4 is 11.5 Å². The van der Waals surface area contributed by atoms with Crippen LogP contribution >= 0.6 is 0 Å². The minimum absolute atomic E-state index is 0.128. The van der Waals surface area contributed by atoms with E-state index in [-0.39, 0.29) is 5.78 Å². The molecular weight excluding hydrogens is 190 g/mol. The highest BCUT2D eigenvalue weighted by molar-refractivity contribution is 5.83. The third kappa shape index (κ3) is 4.08. The van der Waals surface area contributed by atoms with Crippen molar-refractivity contribution in [3.05, 3.63) is 24.0 Å². The largest absolute Gasteiger partial charge is 0.398 e. The second kappa shape index (κ2) is 5.46. The molecule has 0 atom stereocenters. The van der Waals surface area contributed by atoms with Crippen LogP contribution in [0.1, 0.15) is 19.4 Å². The quantitative estimate of drug-likeness (QED) is 0.748. The summed E-state index contributed by atoms with van der Waals surface area (Å²) in [5, 5.41) is 3.07. The van der Waals surface area contributed by atoms with Crippen LogP contribution in [-0.2, 0) is 11.2 Å². The predicted molar refractivity (Wildman–Crippen MR) is 60.5 cm³/mol. The molecule has 0 unspecified atom stereocenters. The van der Waals surface area contributed by atoms with Crippen molar-refractivity contribution in [1.29, 1.82) is 0 Å². The number of nitrogens with one attached hydrogen (secondary N) is 1. The molecule has 0 aliphatic carbocycles. The van der Waals surface area contributed by atoms with Gasteiger partial charge in [0.15, 0.2) is 5.78 Å². The maximum Gasteiger partial charge on any atom is 0.151 e. The molecule has 1 heterocycles. The van der Waals surface area contributed by atoms with Crippen molar-refractivity contribution in [2.24, 2.45) is 0 Å². The maximum atomic E-state index is 11.5. The summed E-state index contributed by atoms with van der Waals surface area (Å²) in [7, 11) is 0. The van der Waals surface area contributed by atoms with E-state index in [4.69, 9.17) is 5.73 Å². The van der Waals surface area contributed by atoms with Gasteiger partial charge in [-0.25, -0.2) is 0 Å². The average molecular weight is 207 g/mol. The number of rotatable bonds is 5. The second-order valence-electron chi connectivity index (χ2n) is 3.83. The minimum Gasteiger partial charge on any atom is -0.398 e. The number of carbonyl (C=O) groups is 1. The Balaban J connectivity index is 2.48. The normalized spacial score (nSPS) is 10.6. The molecule has 1 aromatic rings. The monoisotopic (exact) mass is 207 g/mol. The number of anilines is 1. The number of hydrogen-bond donors (Lipinski definition) is 2. The van der Waals surface area contributed by atoms with Gasteiger partial charge < -0.3 is 11.1 Å². The van der Waals surface area contributed by atoms with Crippen molar-refractivity contribution in [1.82, 2.24) is 10.3 Å². The molecule has 4 heteroatoms. The van der Waals surface area contributed by atoms with Gasteiger partial charge in [0.05, 0.1) is 6.54 Å². The lowest BCUT2D eigenvalue weighted by Gasteiger charge is -2.07. The van der Waals surface area contributed by atoms with Crippen molar-refractivity contribution in [2.75, 3.05) is 12.3 Å². The van der Waals surface area contributed by atoms with Crippen LogP contribution < -0.4 is 11.1 Å². The van der Waals surface area contributed by atoms with Gasteiger partial charge in [0, 0.05) is 36.1 Å². The maximum absolute atomic E-state index is 11.5. The van der Waals surface area contributed by atoms with Crippen LogP contribution in [0.3, 0.4) is 0 Å². The zero-order valence-electron chi connectivity index (χ0n) is 9.16. The van der Waals surface area contributed by atoms with Crippen LogP contribution in [-0.4, -0.2) is 23.4 Å². The average Bonchev–Trinajstić information content (AvgIpc) is 2.18.